The first-order valence-electron chi connectivity index (χ1n) is 8.52. The lowest BCUT2D eigenvalue weighted by atomic mass is 10.2. The molecule has 2 aromatic carbocycles. The number of anilines is 2. The number of nitrogens with zero attached hydrogens (tertiary/aromatic N) is 2. The van der Waals surface area contributed by atoms with Crippen molar-refractivity contribution in [3.05, 3.63) is 72.4 Å². The molecule has 25 heavy (non-hydrogen) atoms. The Hall–Kier alpha value is -3.08. The minimum atomic E-state index is -0.168. The van der Waals surface area contributed by atoms with Gasteiger partial charge in [-0.3, -0.25) is 4.79 Å². The van der Waals surface area contributed by atoms with Crippen LogP contribution in [0.3, 0.4) is 0 Å². The molecule has 0 aliphatic heterocycles. The highest BCUT2D eigenvalue weighted by molar-refractivity contribution is 6.03. The fourth-order valence-corrected chi connectivity index (χ4v) is 2.45. The van der Waals surface area contributed by atoms with E-state index >= 15 is 0 Å². The van der Waals surface area contributed by atoms with E-state index in [0.717, 1.165) is 30.8 Å². The molecule has 0 bridgehead atoms. The lowest BCUT2D eigenvalue weighted by Crippen LogP contribution is -2.12. The van der Waals surface area contributed by atoms with Crippen molar-refractivity contribution in [1.29, 1.82) is 0 Å². The SMILES string of the molecule is CCCCNc1ccc(C(=O)Nc2ccn(-c3ccccc3)n2)cc1. The van der Waals surface area contributed by atoms with Crippen LogP contribution < -0.4 is 10.6 Å². The number of aromatic nitrogens is 2. The topological polar surface area (TPSA) is 59.0 Å². The predicted molar refractivity (Wildman–Crippen MR) is 101 cm³/mol. The van der Waals surface area contributed by atoms with Crippen LogP contribution in [0.2, 0.25) is 0 Å². The molecule has 3 aromatic rings. The van der Waals surface area contributed by atoms with Gasteiger partial charge in [-0.25, -0.2) is 4.68 Å². The molecule has 5 heteroatoms. The summed E-state index contributed by atoms with van der Waals surface area (Å²) in [5.74, 6) is 0.359. The number of carbonyl (C=O) groups is 1. The molecule has 2 N–H and O–H groups in total. The van der Waals surface area contributed by atoms with Crippen molar-refractivity contribution in [2.75, 3.05) is 17.2 Å². The average Bonchev–Trinajstić information content (AvgIpc) is 3.12. The van der Waals surface area contributed by atoms with E-state index in [1.807, 2.05) is 60.8 Å². The van der Waals surface area contributed by atoms with Gasteiger partial charge in [0.05, 0.1) is 5.69 Å². The van der Waals surface area contributed by atoms with Gasteiger partial charge in [-0.15, -0.1) is 0 Å². The van der Waals surface area contributed by atoms with Gasteiger partial charge in [0.15, 0.2) is 5.82 Å². The van der Waals surface area contributed by atoms with E-state index < -0.39 is 0 Å². The number of benzene rings is 2. The predicted octanol–water partition coefficient (Wildman–Crippen LogP) is 4.34. The summed E-state index contributed by atoms with van der Waals surface area (Å²) in [6, 6.07) is 19.0. The van der Waals surface area contributed by atoms with Crippen LogP contribution in [0, 0.1) is 0 Å². The zero-order valence-corrected chi connectivity index (χ0v) is 14.3. The molecule has 0 atom stereocenters. The quantitative estimate of drug-likeness (QED) is 0.632. The Kier molecular flexibility index (Phi) is 5.46. The fourth-order valence-electron chi connectivity index (χ4n) is 2.45. The molecule has 1 aromatic heterocycles. The smallest absolute Gasteiger partial charge is 0.256 e. The zero-order valence-electron chi connectivity index (χ0n) is 14.3. The summed E-state index contributed by atoms with van der Waals surface area (Å²) in [7, 11) is 0. The summed E-state index contributed by atoms with van der Waals surface area (Å²) in [4.78, 5) is 12.4. The summed E-state index contributed by atoms with van der Waals surface area (Å²) < 4.78 is 1.73. The van der Waals surface area contributed by atoms with Crippen LogP contribution in [0.4, 0.5) is 11.5 Å². The average molecular weight is 334 g/mol. The Balaban J connectivity index is 1.61. The van der Waals surface area contributed by atoms with Crippen LogP contribution >= 0.6 is 0 Å². The lowest BCUT2D eigenvalue weighted by Gasteiger charge is -2.07. The molecule has 3 rings (SSSR count). The van der Waals surface area contributed by atoms with Crippen molar-refractivity contribution in [3.63, 3.8) is 0 Å². The molecule has 0 aliphatic rings. The Morgan fingerprint density at radius 3 is 2.52 bits per heavy atom. The number of rotatable bonds is 7. The van der Waals surface area contributed by atoms with E-state index in [1.165, 1.54) is 0 Å². The van der Waals surface area contributed by atoms with E-state index in [0.29, 0.717) is 11.4 Å². The van der Waals surface area contributed by atoms with Gasteiger partial charge in [-0.1, -0.05) is 31.5 Å². The number of hydrogen-bond donors (Lipinski definition) is 2. The van der Waals surface area contributed by atoms with E-state index in [-0.39, 0.29) is 5.91 Å². The molecular formula is C20H22N4O. The standard InChI is InChI=1S/C20H22N4O/c1-2-3-14-21-17-11-9-16(10-12-17)20(25)22-19-13-15-24(23-19)18-7-5-4-6-8-18/h4-13,15,21H,2-3,14H2,1H3,(H,22,23,25). The van der Waals surface area contributed by atoms with Gasteiger partial charge in [0.2, 0.25) is 0 Å². The normalized spacial score (nSPS) is 10.4. The van der Waals surface area contributed by atoms with E-state index in [2.05, 4.69) is 22.7 Å². The van der Waals surface area contributed by atoms with Crippen LogP contribution in [-0.4, -0.2) is 22.2 Å². The molecule has 0 unspecified atom stereocenters. The first-order chi connectivity index (χ1) is 12.3. The van der Waals surface area contributed by atoms with Gasteiger partial charge in [0.1, 0.15) is 0 Å². The van der Waals surface area contributed by atoms with Gasteiger partial charge >= 0.3 is 0 Å². The van der Waals surface area contributed by atoms with Gasteiger partial charge in [-0.05, 0) is 42.8 Å². The van der Waals surface area contributed by atoms with E-state index in [4.69, 9.17) is 0 Å². The molecule has 0 fully saturated rings. The van der Waals surface area contributed by atoms with Crippen LogP contribution in [0.15, 0.2) is 66.9 Å². The van der Waals surface area contributed by atoms with Crippen molar-refractivity contribution in [2.45, 2.75) is 19.8 Å². The van der Waals surface area contributed by atoms with Crippen molar-refractivity contribution < 1.29 is 4.79 Å². The van der Waals surface area contributed by atoms with E-state index in [9.17, 15) is 4.79 Å². The first kappa shape index (κ1) is 16.8. The van der Waals surface area contributed by atoms with Crippen LogP contribution in [-0.2, 0) is 0 Å². The molecule has 1 heterocycles. The third kappa shape index (κ3) is 4.47. The molecule has 1 amide bonds. The van der Waals surface area contributed by atoms with E-state index in [1.54, 1.807) is 10.7 Å². The molecular weight excluding hydrogens is 312 g/mol. The number of amides is 1. The molecule has 0 aliphatic carbocycles. The van der Waals surface area contributed by atoms with Crippen molar-refractivity contribution in [2.24, 2.45) is 0 Å². The first-order valence-corrected chi connectivity index (χ1v) is 8.52. The Bertz CT molecular complexity index is 809. The minimum Gasteiger partial charge on any atom is -0.385 e. The second kappa shape index (κ2) is 8.15. The van der Waals surface area contributed by atoms with Crippen LogP contribution in [0.25, 0.3) is 5.69 Å². The highest BCUT2D eigenvalue weighted by Gasteiger charge is 2.08. The van der Waals surface area contributed by atoms with Crippen molar-refractivity contribution >= 4 is 17.4 Å². The van der Waals surface area contributed by atoms with Gasteiger partial charge in [-0.2, -0.15) is 5.10 Å². The molecule has 0 saturated heterocycles. The number of hydrogen-bond acceptors (Lipinski definition) is 3. The third-order valence-corrected chi connectivity index (χ3v) is 3.86. The fraction of sp³-hybridized carbons (Fsp3) is 0.200. The Labute approximate surface area is 147 Å². The number of carbonyl (C=O) groups excluding carboxylic acids is 1. The highest BCUT2D eigenvalue weighted by Crippen LogP contribution is 2.13. The van der Waals surface area contributed by atoms with Gasteiger partial charge in [0.25, 0.3) is 5.91 Å². The zero-order chi connectivity index (χ0) is 17.5. The molecule has 0 saturated carbocycles. The maximum Gasteiger partial charge on any atom is 0.256 e. The summed E-state index contributed by atoms with van der Waals surface area (Å²) >= 11 is 0. The number of unbranched alkanes of at least 4 members (excludes halogenated alkanes) is 1. The van der Waals surface area contributed by atoms with Gasteiger partial charge < -0.3 is 10.6 Å². The highest BCUT2D eigenvalue weighted by atomic mass is 16.1. The summed E-state index contributed by atoms with van der Waals surface area (Å²) in [5, 5.41) is 10.6. The largest absolute Gasteiger partial charge is 0.385 e. The second-order valence-electron chi connectivity index (χ2n) is 5.79. The summed E-state index contributed by atoms with van der Waals surface area (Å²) in [5.41, 5.74) is 2.58. The summed E-state index contributed by atoms with van der Waals surface area (Å²) in [6.45, 7) is 3.10. The Morgan fingerprint density at radius 1 is 1.04 bits per heavy atom. The number of para-hydroxylation sites is 1. The van der Waals surface area contributed by atoms with Crippen molar-refractivity contribution in [1.82, 2.24) is 9.78 Å². The maximum atomic E-state index is 12.4. The maximum absolute atomic E-state index is 12.4. The van der Waals surface area contributed by atoms with Crippen molar-refractivity contribution in [3.8, 4) is 5.69 Å². The van der Waals surface area contributed by atoms with Gasteiger partial charge in [0, 0.05) is 30.1 Å². The molecule has 128 valence electrons. The van der Waals surface area contributed by atoms with Crippen LogP contribution in [0.5, 0.6) is 0 Å². The third-order valence-electron chi connectivity index (χ3n) is 3.86. The minimum absolute atomic E-state index is 0.168. The Morgan fingerprint density at radius 2 is 1.80 bits per heavy atom. The molecule has 0 radical (unpaired) electrons. The summed E-state index contributed by atoms with van der Waals surface area (Å²) in [6.07, 6.45) is 4.11. The van der Waals surface area contributed by atoms with Crippen LogP contribution in [0.1, 0.15) is 30.1 Å². The molecule has 5 nitrogen and oxygen atoms in total. The number of nitrogens with one attached hydrogen (secondary N) is 2. The monoisotopic (exact) mass is 334 g/mol. The second-order valence-corrected chi connectivity index (χ2v) is 5.79. The lowest BCUT2D eigenvalue weighted by molar-refractivity contribution is 0.102. The molecule has 0 spiro atoms.